The molecule has 3 rings (SSSR count). The second-order valence-corrected chi connectivity index (χ2v) is 4.60. The van der Waals surface area contributed by atoms with Gasteiger partial charge in [-0.25, -0.2) is 0 Å². The molecule has 2 amide bonds. The SMILES string of the molecule is O=C1CC(=O)C2C1CC1C(=O)N(O)C(=O)C12. The van der Waals surface area contributed by atoms with Crippen LogP contribution in [0.25, 0.3) is 0 Å². The summed E-state index contributed by atoms with van der Waals surface area (Å²) in [4.78, 5) is 46.1. The van der Waals surface area contributed by atoms with E-state index in [0.717, 1.165) is 0 Å². The van der Waals surface area contributed by atoms with Gasteiger partial charge in [0.1, 0.15) is 11.6 Å². The highest BCUT2D eigenvalue weighted by Gasteiger charge is 2.63. The summed E-state index contributed by atoms with van der Waals surface area (Å²) in [7, 11) is 0. The Balaban J connectivity index is 2.03. The molecule has 4 unspecified atom stereocenters. The minimum Gasteiger partial charge on any atom is -0.299 e. The van der Waals surface area contributed by atoms with Gasteiger partial charge in [0, 0.05) is 11.8 Å². The van der Waals surface area contributed by atoms with Gasteiger partial charge < -0.3 is 0 Å². The van der Waals surface area contributed by atoms with Crippen molar-refractivity contribution in [2.24, 2.45) is 23.7 Å². The first-order chi connectivity index (χ1) is 7.52. The van der Waals surface area contributed by atoms with Gasteiger partial charge in [-0.2, -0.15) is 5.06 Å². The fourth-order valence-electron chi connectivity index (χ4n) is 3.23. The third-order valence-corrected chi connectivity index (χ3v) is 3.92. The number of amides is 2. The van der Waals surface area contributed by atoms with Gasteiger partial charge in [0.05, 0.1) is 18.3 Å². The summed E-state index contributed by atoms with van der Waals surface area (Å²) in [6.45, 7) is 0. The maximum atomic E-state index is 11.6. The van der Waals surface area contributed by atoms with Crippen LogP contribution in [-0.4, -0.2) is 33.7 Å². The summed E-state index contributed by atoms with van der Waals surface area (Å²) in [5.41, 5.74) is 0. The molecule has 6 heteroatoms. The molecular formula is C10H9NO5. The van der Waals surface area contributed by atoms with Gasteiger partial charge in [-0.3, -0.25) is 24.4 Å². The number of rotatable bonds is 0. The first-order valence-corrected chi connectivity index (χ1v) is 5.14. The number of imide groups is 1. The zero-order valence-electron chi connectivity index (χ0n) is 8.25. The molecule has 0 radical (unpaired) electrons. The zero-order valence-corrected chi connectivity index (χ0v) is 8.25. The van der Waals surface area contributed by atoms with Gasteiger partial charge in [-0.1, -0.05) is 0 Å². The molecule has 6 nitrogen and oxygen atoms in total. The topological polar surface area (TPSA) is 91.8 Å². The summed E-state index contributed by atoms with van der Waals surface area (Å²) in [6, 6.07) is 0. The first kappa shape index (κ1) is 9.65. The normalized spacial score (nSPS) is 41.9. The van der Waals surface area contributed by atoms with Crippen molar-refractivity contribution >= 4 is 23.4 Å². The van der Waals surface area contributed by atoms with Gasteiger partial charge in [-0.15, -0.1) is 0 Å². The summed E-state index contributed by atoms with van der Waals surface area (Å²) in [5.74, 6) is -4.48. The lowest BCUT2D eigenvalue weighted by Gasteiger charge is -2.12. The van der Waals surface area contributed by atoms with Crippen molar-refractivity contribution in [1.29, 1.82) is 0 Å². The lowest BCUT2D eigenvalue weighted by molar-refractivity contribution is -0.174. The second-order valence-electron chi connectivity index (χ2n) is 4.60. The van der Waals surface area contributed by atoms with Crippen LogP contribution in [0.4, 0.5) is 0 Å². The van der Waals surface area contributed by atoms with Crippen molar-refractivity contribution in [3.8, 4) is 0 Å². The van der Waals surface area contributed by atoms with E-state index in [1.807, 2.05) is 0 Å². The molecular weight excluding hydrogens is 214 g/mol. The molecule has 2 aliphatic carbocycles. The fraction of sp³-hybridized carbons (Fsp3) is 0.600. The Labute approximate surface area is 90.2 Å². The standard InChI is InChI=1S/C10H9NO5/c12-5-2-6(13)7-3(5)1-4-8(7)10(15)11(16)9(4)14/h3-4,7-8,16H,1-2H2. The number of ketones is 2. The van der Waals surface area contributed by atoms with E-state index < -0.39 is 35.5 Å². The molecule has 0 bridgehead atoms. The number of carbonyl (C=O) groups excluding carboxylic acids is 4. The van der Waals surface area contributed by atoms with Crippen molar-refractivity contribution in [1.82, 2.24) is 5.06 Å². The zero-order chi connectivity index (χ0) is 11.6. The molecule has 3 aliphatic rings. The van der Waals surface area contributed by atoms with Crippen molar-refractivity contribution in [3.05, 3.63) is 0 Å². The van der Waals surface area contributed by atoms with E-state index in [0.29, 0.717) is 0 Å². The lowest BCUT2D eigenvalue weighted by Crippen LogP contribution is -2.32. The lowest BCUT2D eigenvalue weighted by atomic mass is 9.89. The molecule has 0 aromatic heterocycles. The Kier molecular flexibility index (Phi) is 1.67. The average molecular weight is 223 g/mol. The predicted molar refractivity (Wildman–Crippen MR) is 46.8 cm³/mol. The number of fused-ring (bicyclic) bond motifs is 3. The smallest absolute Gasteiger partial charge is 0.257 e. The van der Waals surface area contributed by atoms with E-state index in [9.17, 15) is 24.4 Å². The minimum absolute atomic E-state index is 0.0988. The molecule has 1 aliphatic heterocycles. The molecule has 1 saturated heterocycles. The van der Waals surface area contributed by atoms with Crippen LogP contribution >= 0.6 is 0 Å². The van der Waals surface area contributed by atoms with Crippen molar-refractivity contribution < 1.29 is 24.4 Å². The first-order valence-electron chi connectivity index (χ1n) is 5.14. The number of carbonyl (C=O) groups is 4. The third-order valence-electron chi connectivity index (χ3n) is 3.92. The summed E-state index contributed by atoms with van der Waals surface area (Å²) < 4.78 is 0. The van der Waals surface area contributed by atoms with E-state index >= 15 is 0 Å². The van der Waals surface area contributed by atoms with Gasteiger partial charge in [0.25, 0.3) is 11.8 Å². The number of Topliss-reactive ketones (excluding diaryl/α,β-unsaturated/α-hetero) is 2. The molecule has 0 aromatic rings. The molecule has 0 aromatic carbocycles. The second kappa shape index (κ2) is 2.76. The largest absolute Gasteiger partial charge is 0.299 e. The van der Waals surface area contributed by atoms with Crippen LogP contribution < -0.4 is 0 Å². The van der Waals surface area contributed by atoms with Crippen molar-refractivity contribution in [2.75, 3.05) is 0 Å². The third kappa shape index (κ3) is 0.904. The van der Waals surface area contributed by atoms with Crippen LogP contribution in [0.3, 0.4) is 0 Å². The van der Waals surface area contributed by atoms with E-state index in [-0.39, 0.29) is 29.5 Å². The quantitative estimate of drug-likeness (QED) is 0.328. The fourth-order valence-corrected chi connectivity index (χ4v) is 3.23. The van der Waals surface area contributed by atoms with Crippen molar-refractivity contribution in [3.63, 3.8) is 0 Å². The molecule has 2 saturated carbocycles. The molecule has 0 spiro atoms. The molecule has 16 heavy (non-hydrogen) atoms. The molecule has 3 fully saturated rings. The van der Waals surface area contributed by atoms with Crippen LogP contribution in [0, 0.1) is 23.7 Å². The molecule has 1 heterocycles. The number of hydroxylamine groups is 2. The average Bonchev–Trinajstić information content (AvgIpc) is 2.80. The van der Waals surface area contributed by atoms with Crippen LogP contribution in [0.2, 0.25) is 0 Å². The van der Waals surface area contributed by atoms with Crippen LogP contribution in [-0.2, 0) is 19.2 Å². The highest BCUT2D eigenvalue weighted by atomic mass is 16.5. The number of hydrogen-bond acceptors (Lipinski definition) is 5. The summed E-state index contributed by atoms with van der Waals surface area (Å²) in [5, 5.41) is 9.28. The van der Waals surface area contributed by atoms with Gasteiger partial charge in [0.15, 0.2) is 0 Å². The Morgan fingerprint density at radius 2 is 1.62 bits per heavy atom. The highest BCUT2D eigenvalue weighted by molar-refractivity contribution is 6.14. The molecule has 4 atom stereocenters. The van der Waals surface area contributed by atoms with E-state index in [1.54, 1.807) is 0 Å². The Morgan fingerprint density at radius 3 is 2.31 bits per heavy atom. The van der Waals surface area contributed by atoms with Crippen LogP contribution in [0.15, 0.2) is 0 Å². The monoisotopic (exact) mass is 223 g/mol. The Morgan fingerprint density at radius 1 is 0.938 bits per heavy atom. The van der Waals surface area contributed by atoms with Gasteiger partial charge in [0.2, 0.25) is 0 Å². The highest BCUT2D eigenvalue weighted by Crippen LogP contribution is 2.51. The molecule has 84 valence electrons. The Hall–Kier alpha value is -1.56. The maximum Gasteiger partial charge on any atom is 0.257 e. The number of hydrogen-bond donors (Lipinski definition) is 1. The van der Waals surface area contributed by atoms with Crippen LogP contribution in [0.1, 0.15) is 12.8 Å². The minimum atomic E-state index is -0.804. The van der Waals surface area contributed by atoms with Crippen molar-refractivity contribution in [2.45, 2.75) is 12.8 Å². The van der Waals surface area contributed by atoms with E-state index in [1.165, 1.54) is 0 Å². The maximum absolute atomic E-state index is 11.6. The summed E-state index contributed by atoms with van der Waals surface area (Å²) in [6.07, 6.45) is 0.0903. The predicted octanol–water partition coefficient (Wildman–Crippen LogP) is -0.845. The van der Waals surface area contributed by atoms with E-state index in [2.05, 4.69) is 0 Å². The van der Waals surface area contributed by atoms with Gasteiger partial charge >= 0.3 is 0 Å². The van der Waals surface area contributed by atoms with E-state index in [4.69, 9.17) is 0 Å². The number of nitrogens with zero attached hydrogens (tertiary/aromatic N) is 1. The van der Waals surface area contributed by atoms with Crippen LogP contribution in [0.5, 0.6) is 0 Å². The molecule has 1 N–H and O–H groups in total. The van der Waals surface area contributed by atoms with Gasteiger partial charge in [-0.05, 0) is 6.42 Å². The summed E-state index contributed by atoms with van der Waals surface area (Å²) >= 11 is 0. The Bertz CT molecular complexity index is 442.